The highest BCUT2D eigenvalue weighted by Crippen LogP contribution is 2.12. The SMILES string of the molecule is N#Cc1ccc(S(=O)(=O)NC(=O)Nc2cnc(NC(=O)c3cccc(C=O)c3)nc2)cc1. The van der Waals surface area contributed by atoms with Gasteiger partial charge in [0.05, 0.1) is 34.6 Å². The molecule has 2 aromatic carbocycles. The number of carbonyl (C=O) groups is 3. The Kier molecular flexibility index (Phi) is 6.52. The first-order chi connectivity index (χ1) is 15.3. The van der Waals surface area contributed by atoms with Gasteiger partial charge in [-0.05, 0) is 36.4 Å². The molecule has 12 heteroatoms. The van der Waals surface area contributed by atoms with E-state index in [1.54, 1.807) is 12.1 Å². The number of benzene rings is 2. The lowest BCUT2D eigenvalue weighted by atomic mass is 10.1. The van der Waals surface area contributed by atoms with E-state index in [1.165, 1.54) is 48.8 Å². The van der Waals surface area contributed by atoms with E-state index in [9.17, 15) is 22.8 Å². The third-order valence-electron chi connectivity index (χ3n) is 3.94. The molecule has 0 atom stereocenters. The summed E-state index contributed by atoms with van der Waals surface area (Å²) in [5, 5.41) is 13.5. The zero-order valence-electron chi connectivity index (χ0n) is 16.1. The smallest absolute Gasteiger partial charge is 0.304 e. The summed E-state index contributed by atoms with van der Waals surface area (Å²) in [6.45, 7) is 0. The molecule has 0 aliphatic heterocycles. The predicted molar refractivity (Wildman–Crippen MR) is 112 cm³/mol. The van der Waals surface area contributed by atoms with Gasteiger partial charge in [-0.3, -0.25) is 14.9 Å². The lowest BCUT2D eigenvalue weighted by Crippen LogP contribution is -2.34. The van der Waals surface area contributed by atoms with Crippen molar-refractivity contribution in [2.24, 2.45) is 0 Å². The van der Waals surface area contributed by atoms with E-state index in [4.69, 9.17) is 5.26 Å². The average Bonchev–Trinajstić information content (AvgIpc) is 2.80. The van der Waals surface area contributed by atoms with Crippen LogP contribution in [0.1, 0.15) is 26.3 Å². The summed E-state index contributed by atoms with van der Waals surface area (Å²) in [5.74, 6) is -0.608. The van der Waals surface area contributed by atoms with Gasteiger partial charge in [-0.25, -0.2) is 27.9 Å². The van der Waals surface area contributed by atoms with E-state index in [-0.39, 0.29) is 27.7 Å². The van der Waals surface area contributed by atoms with Gasteiger partial charge in [-0.15, -0.1) is 0 Å². The topological polar surface area (TPSA) is 171 Å². The monoisotopic (exact) mass is 450 g/mol. The van der Waals surface area contributed by atoms with Crippen LogP contribution in [0.2, 0.25) is 0 Å². The highest BCUT2D eigenvalue weighted by atomic mass is 32.2. The molecule has 0 bridgehead atoms. The first kappa shape index (κ1) is 22.1. The van der Waals surface area contributed by atoms with Gasteiger partial charge in [0.15, 0.2) is 0 Å². The van der Waals surface area contributed by atoms with Gasteiger partial charge >= 0.3 is 6.03 Å². The molecule has 0 spiro atoms. The minimum Gasteiger partial charge on any atom is -0.304 e. The van der Waals surface area contributed by atoms with E-state index in [0.29, 0.717) is 11.8 Å². The first-order valence-corrected chi connectivity index (χ1v) is 10.3. The quantitative estimate of drug-likeness (QED) is 0.478. The zero-order valence-corrected chi connectivity index (χ0v) is 17.0. The number of rotatable bonds is 6. The highest BCUT2D eigenvalue weighted by Gasteiger charge is 2.18. The van der Waals surface area contributed by atoms with Gasteiger partial charge < -0.3 is 5.32 Å². The van der Waals surface area contributed by atoms with Crippen LogP contribution in [0.15, 0.2) is 65.8 Å². The van der Waals surface area contributed by atoms with Crippen LogP contribution >= 0.6 is 0 Å². The van der Waals surface area contributed by atoms with Crippen LogP contribution in [0.4, 0.5) is 16.4 Å². The van der Waals surface area contributed by atoms with Crippen molar-refractivity contribution in [3.8, 4) is 6.07 Å². The van der Waals surface area contributed by atoms with Gasteiger partial charge in [-0.1, -0.05) is 12.1 Å². The molecular weight excluding hydrogens is 436 g/mol. The molecule has 0 fully saturated rings. The zero-order chi connectivity index (χ0) is 23.1. The van der Waals surface area contributed by atoms with E-state index in [1.807, 2.05) is 10.8 Å². The van der Waals surface area contributed by atoms with Crippen LogP contribution in [-0.2, 0) is 10.0 Å². The summed E-state index contributed by atoms with van der Waals surface area (Å²) in [5.41, 5.74) is 0.903. The largest absolute Gasteiger partial charge is 0.333 e. The molecule has 3 rings (SSSR count). The van der Waals surface area contributed by atoms with Crippen LogP contribution in [0.5, 0.6) is 0 Å². The number of hydrogen-bond acceptors (Lipinski definition) is 8. The Labute approximate surface area is 182 Å². The summed E-state index contributed by atoms with van der Waals surface area (Å²) >= 11 is 0. The van der Waals surface area contributed by atoms with Gasteiger partial charge in [0.25, 0.3) is 15.9 Å². The number of carbonyl (C=O) groups excluding carboxylic acids is 3. The predicted octanol–water partition coefficient (Wildman–Crippen LogP) is 1.92. The Hall–Kier alpha value is -4.63. The fraction of sp³-hybridized carbons (Fsp3) is 0. The summed E-state index contributed by atoms with van der Waals surface area (Å²) in [6, 6.07) is 11.8. The average molecular weight is 450 g/mol. The van der Waals surface area contributed by atoms with Crippen molar-refractivity contribution in [2.75, 3.05) is 10.6 Å². The molecule has 1 aromatic heterocycles. The van der Waals surface area contributed by atoms with Crippen LogP contribution < -0.4 is 15.4 Å². The van der Waals surface area contributed by atoms with Crippen molar-refractivity contribution in [1.29, 1.82) is 5.26 Å². The second kappa shape index (κ2) is 9.45. The second-order valence-electron chi connectivity index (χ2n) is 6.19. The van der Waals surface area contributed by atoms with Crippen LogP contribution in [0.3, 0.4) is 0 Å². The number of amides is 3. The van der Waals surface area contributed by atoms with Crippen LogP contribution in [0, 0.1) is 11.3 Å². The van der Waals surface area contributed by atoms with Crippen molar-refractivity contribution in [2.45, 2.75) is 4.90 Å². The van der Waals surface area contributed by atoms with Crippen LogP contribution in [-0.4, -0.2) is 36.6 Å². The second-order valence-corrected chi connectivity index (χ2v) is 7.87. The number of nitriles is 1. The Bertz CT molecular complexity index is 1320. The molecule has 160 valence electrons. The molecule has 3 amide bonds. The van der Waals surface area contributed by atoms with Crippen molar-refractivity contribution in [1.82, 2.24) is 14.7 Å². The Morgan fingerprint density at radius 2 is 1.69 bits per heavy atom. The van der Waals surface area contributed by atoms with Crippen molar-refractivity contribution < 1.29 is 22.8 Å². The molecule has 0 saturated carbocycles. The number of aldehydes is 1. The van der Waals surface area contributed by atoms with Crippen molar-refractivity contribution in [3.05, 3.63) is 77.6 Å². The Morgan fingerprint density at radius 3 is 2.31 bits per heavy atom. The minimum atomic E-state index is -4.16. The molecule has 3 N–H and O–H groups in total. The third-order valence-corrected chi connectivity index (χ3v) is 5.29. The fourth-order valence-electron chi connectivity index (χ4n) is 2.43. The van der Waals surface area contributed by atoms with E-state index in [2.05, 4.69) is 20.6 Å². The Balaban J connectivity index is 1.61. The maximum absolute atomic E-state index is 12.2. The highest BCUT2D eigenvalue weighted by molar-refractivity contribution is 7.90. The van der Waals surface area contributed by atoms with Gasteiger partial charge in [0.1, 0.15) is 6.29 Å². The molecule has 11 nitrogen and oxygen atoms in total. The van der Waals surface area contributed by atoms with Gasteiger partial charge in [0.2, 0.25) is 5.95 Å². The summed E-state index contributed by atoms with van der Waals surface area (Å²) in [6.07, 6.45) is 2.94. The molecule has 32 heavy (non-hydrogen) atoms. The van der Waals surface area contributed by atoms with Gasteiger partial charge in [0, 0.05) is 11.1 Å². The number of urea groups is 1. The number of anilines is 2. The lowest BCUT2D eigenvalue weighted by molar-refractivity contribution is 0.102. The lowest BCUT2D eigenvalue weighted by Gasteiger charge is -2.09. The molecule has 0 aliphatic rings. The van der Waals surface area contributed by atoms with Crippen molar-refractivity contribution >= 4 is 39.9 Å². The summed E-state index contributed by atoms with van der Waals surface area (Å²) in [4.78, 5) is 42.6. The minimum absolute atomic E-state index is 0.0670. The molecular formula is C20H14N6O5S. The fourth-order valence-corrected chi connectivity index (χ4v) is 3.34. The number of nitrogens with zero attached hydrogens (tertiary/aromatic N) is 3. The van der Waals surface area contributed by atoms with Gasteiger partial charge in [-0.2, -0.15) is 5.26 Å². The molecule has 0 unspecified atom stereocenters. The maximum Gasteiger partial charge on any atom is 0.333 e. The van der Waals surface area contributed by atoms with E-state index < -0.39 is 22.0 Å². The molecule has 3 aromatic rings. The summed E-state index contributed by atoms with van der Waals surface area (Å²) in [7, 11) is -4.16. The van der Waals surface area contributed by atoms with E-state index in [0.717, 1.165) is 0 Å². The van der Waals surface area contributed by atoms with Crippen molar-refractivity contribution in [3.63, 3.8) is 0 Å². The number of sulfonamides is 1. The van der Waals surface area contributed by atoms with Crippen LogP contribution in [0.25, 0.3) is 0 Å². The molecule has 0 aliphatic carbocycles. The summed E-state index contributed by atoms with van der Waals surface area (Å²) < 4.78 is 26.3. The maximum atomic E-state index is 12.2. The Morgan fingerprint density at radius 1 is 1.00 bits per heavy atom. The standard InChI is InChI=1S/C20H14N6O5S/c21-9-13-4-6-17(7-5-13)32(30,31)26-20(29)24-16-10-22-19(23-11-16)25-18(28)15-3-1-2-14(8-15)12-27/h1-8,10-12H,(H2,24,26,29)(H,22,23,25,28). The number of nitrogens with one attached hydrogen (secondary N) is 3. The first-order valence-electron chi connectivity index (χ1n) is 8.83. The molecule has 1 heterocycles. The van der Waals surface area contributed by atoms with E-state index >= 15 is 0 Å². The third kappa shape index (κ3) is 5.49. The molecule has 0 radical (unpaired) electrons. The number of aromatic nitrogens is 2. The molecule has 0 saturated heterocycles. The number of hydrogen-bond donors (Lipinski definition) is 3. The normalized spacial score (nSPS) is 10.5.